The second-order valence-electron chi connectivity index (χ2n) is 8.29. The van der Waals surface area contributed by atoms with Gasteiger partial charge in [0, 0.05) is 11.8 Å². The molecule has 2 N–H and O–H groups in total. The molecule has 0 aromatic rings. The maximum absolute atomic E-state index is 12.3. The third kappa shape index (κ3) is 1.99. The zero-order chi connectivity index (χ0) is 17.1. The number of aliphatic hydroxyl groups is 2. The fraction of sp³-hybridized carbons (Fsp3) is 0.700. The molecule has 4 nitrogen and oxygen atoms in total. The fourth-order valence-electron chi connectivity index (χ4n) is 6.14. The Morgan fingerprint density at radius 2 is 2.00 bits per heavy atom. The van der Waals surface area contributed by atoms with E-state index in [0.29, 0.717) is 24.7 Å². The summed E-state index contributed by atoms with van der Waals surface area (Å²) in [5.74, 6) is 0.554. The molecule has 2 fully saturated rings. The quantitative estimate of drug-likeness (QED) is 0.816. The van der Waals surface area contributed by atoms with Crippen LogP contribution in [0.5, 0.6) is 0 Å². The predicted molar refractivity (Wildman–Crippen MR) is 89.2 cm³/mol. The Balaban J connectivity index is 1.72. The molecule has 130 valence electrons. The zero-order valence-corrected chi connectivity index (χ0v) is 14.3. The SMILES string of the molecule is C[C@]12CCC3=C4CCC(=O)C=C4CCC3C1CC[C@]2(O)C(=O)CO. The lowest BCUT2D eigenvalue weighted by atomic mass is 9.54. The summed E-state index contributed by atoms with van der Waals surface area (Å²) in [4.78, 5) is 24.0. The number of ketones is 2. The molecule has 4 aliphatic carbocycles. The van der Waals surface area contributed by atoms with Crippen molar-refractivity contribution in [1.82, 2.24) is 0 Å². The Morgan fingerprint density at radius 3 is 2.75 bits per heavy atom. The van der Waals surface area contributed by atoms with Crippen molar-refractivity contribution in [2.24, 2.45) is 17.3 Å². The van der Waals surface area contributed by atoms with E-state index in [1.165, 1.54) is 16.7 Å². The highest BCUT2D eigenvalue weighted by molar-refractivity contribution is 5.93. The zero-order valence-electron chi connectivity index (χ0n) is 14.3. The van der Waals surface area contributed by atoms with Gasteiger partial charge in [-0.25, -0.2) is 0 Å². The van der Waals surface area contributed by atoms with Crippen LogP contribution in [0.15, 0.2) is 22.8 Å². The van der Waals surface area contributed by atoms with Crippen molar-refractivity contribution in [2.75, 3.05) is 6.61 Å². The van der Waals surface area contributed by atoms with Crippen molar-refractivity contribution in [3.8, 4) is 0 Å². The first kappa shape index (κ1) is 16.2. The van der Waals surface area contributed by atoms with Crippen molar-refractivity contribution in [3.05, 3.63) is 22.8 Å². The van der Waals surface area contributed by atoms with Crippen LogP contribution in [0.2, 0.25) is 0 Å². The summed E-state index contributed by atoms with van der Waals surface area (Å²) in [6.07, 6.45) is 8.28. The molecule has 4 atom stereocenters. The van der Waals surface area contributed by atoms with Crippen LogP contribution in [0.4, 0.5) is 0 Å². The van der Waals surface area contributed by atoms with Gasteiger partial charge < -0.3 is 10.2 Å². The monoisotopic (exact) mass is 330 g/mol. The maximum atomic E-state index is 12.3. The number of carbonyl (C=O) groups is 2. The lowest BCUT2D eigenvalue weighted by Crippen LogP contribution is -2.55. The van der Waals surface area contributed by atoms with E-state index in [-0.39, 0.29) is 5.78 Å². The van der Waals surface area contributed by atoms with E-state index in [0.717, 1.165) is 38.5 Å². The van der Waals surface area contributed by atoms with E-state index in [1.54, 1.807) is 0 Å². The van der Waals surface area contributed by atoms with Gasteiger partial charge in [-0.05, 0) is 74.0 Å². The average Bonchev–Trinajstić information content (AvgIpc) is 2.86. The van der Waals surface area contributed by atoms with Gasteiger partial charge in [0.15, 0.2) is 11.6 Å². The van der Waals surface area contributed by atoms with Gasteiger partial charge in [-0.2, -0.15) is 0 Å². The normalized spacial score (nSPS) is 41.5. The van der Waals surface area contributed by atoms with Crippen LogP contribution in [0.25, 0.3) is 0 Å². The van der Waals surface area contributed by atoms with Crippen molar-refractivity contribution in [3.63, 3.8) is 0 Å². The Labute approximate surface area is 142 Å². The fourth-order valence-corrected chi connectivity index (χ4v) is 6.14. The highest BCUT2D eigenvalue weighted by atomic mass is 16.3. The molecule has 0 aromatic heterocycles. The number of hydrogen-bond donors (Lipinski definition) is 2. The Hall–Kier alpha value is -1.26. The van der Waals surface area contributed by atoms with E-state index >= 15 is 0 Å². The molecule has 4 aliphatic rings. The second-order valence-corrected chi connectivity index (χ2v) is 8.29. The minimum Gasteiger partial charge on any atom is -0.388 e. The summed E-state index contributed by atoms with van der Waals surface area (Å²) >= 11 is 0. The molecular weight excluding hydrogens is 304 g/mol. The molecule has 0 saturated heterocycles. The van der Waals surface area contributed by atoms with Gasteiger partial charge >= 0.3 is 0 Å². The van der Waals surface area contributed by atoms with Gasteiger partial charge in [0.1, 0.15) is 12.2 Å². The van der Waals surface area contributed by atoms with E-state index in [9.17, 15) is 19.8 Å². The highest BCUT2D eigenvalue weighted by Crippen LogP contribution is 2.63. The van der Waals surface area contributed by atoms with Crippen molar-refractivity contribution in [1.29, 1.82) is 0 Å². The standard InChI is InChI=1S/C20H26O4/c1-19-8-6-15-14-5-3-13(22)10-12(14)2-4-16(15)17(19)7-9-20(19,24)18(23)11-21/h10,16-17,21,24H,2-9,11H2,1H3/t16?,17?,19-,20-/m0/s1. The van der Waals surface area contributed by atoms with Crippen LogP contribution in [0.3, 0.4) is 0 Å². The molecule has 24 heavy (non-hydrogen) atoms. The molecule has 0 aliphatic heterocycles. The maximum Gasteiger partial charge on any atom is 0.190 e. The molecular formula is C20H26O4. The summed E-state index contributed by atoms with van der Waals surface area (Å²) in [6.45, 7) is 1.47. The average molecular weight is 330 g/mol. The number of carbonyl (C=O) groups excluding carboxylic acids is 2. The molecule has 0 spiro atoms. The lowest BCUT2D eigenvalue weighted by Gasteiger charge is -2.51. The minimum atomic E-state index is -1.37. The highest BCUT2D eigenvalue weighted by Gasteiger charge is 2.63. The third-order valence-electron chi connectivity index (χ3n) is 7.49. The Kier molecular flexibility index (Phi) is 3.63. The third-order valence-corrected chi connectivity index (χ3v) is 7.49. The summed E-state index contributed by atoms with van der Waals surface area (Å²) in [7, 11) is 0. The molecule has 4 rings (SSSR count). The van der Waals surface area contributed by atoms with Crippen LogP contribution in [0, 0.1) is 17.3 Å². The number of fused-ring (bicyclic) bond motifs is 4. The van der Waals surface area contributed by atoms with E-state index in [1.807, 2.05) is 6.08 Å². The first-order chi connectivity index (χ1) is 11.4. The molecule has 0 heterocycles. The van der Waals surface area contributed by atoms with Crippen LogP contribution >= 0.6 is 0 Å². The second kappa shape index (κ2) is 5.37. The van der Waals surface area contributed by atoms with Crippen molar-refractivity contribution < 1.29 is 19.8 Å². The molecule has 4 heteroatoms. The molecule has 2 unspecified atom stereocenters. The van der Waals surface area contributed by atoms with E-state index in [4.69, 9.17) is 0 Å². The van der Waals surface area contributed by atoms with Crippen molar-refractivity contribution >= 4 is 11.6 Å². The Bertz CT molecular complexity index is 673. The van der Waals surface area contributed by atoms with E-state index in [2.05, 4.69) is 6.92 Å². The molecule has 0 aromatic carbocycles. The smallest absolute Gasteiger partial charge is 0.190 e. The summed E-state index contributed by atoms with van der Waals surface area (Å²) in [5.41, 5.74) is 2.31. The first-order valence-corrected chi connectivity index (χ1v) is 9.23. The van der Waals surface area contributed by atoms with Gasteiger partial charge in [0.2, 0.25) is 0 Å². The van der Waals surface area contributed by atoms with Crippen LogP contribution in [0.1, 0.15) is 58.3 Å². The van der Waals surface area contributed by atoms with Crippen LogP contribution in [-0.4, -0.2) is 34.0 Å². The number of Topliss-reactive ketones (excluding diaryl/α,β-unsaturated/α-hetero) is 1. The minimum absolute atomic E-state index is 0.247. The Morgan fingerprint density at radius 1 is 1.21 bits per heavy atom. The molecule has 0 radical (unpaired) electrons. The lowest BCUT2D eigenvalue weighted by molar-refractivity contribution is -0.157. The van der Waals surface area contributed by atoms with Crippen LogP contribution in [-0.2, 0) is 9.59 Å². The summed E-state index contributed by atoms with van der Waals surface area (Å²) < 4.78 is 0. The number of allylic oxidation sites excluding steroid dienone is 4. The van der Waals surface area contributed by atoms with Crippen molar-refractivity contribution in [2.45, 2.75) is 63.9 Å². The first-order valence-electron chi connectivity index (χ1n) is 9.23. The van der Waals surface area contributed by atoms with Gasteiger partial charge in [-0.3, -0.25) is 9.59 Å². The molecule has 2 saturated carbocycles. The molecule has 0 bridgehead atoms. The van der Waals surface area contributed by atoms with Gasteiger partial charge in [-0.15, -0.1) is 0 Å². The van der Waals surface area contributed by atoms with E-state index < -0.39 is 23.4 Å². The number of rotatable bonds is 2. The van der Waals surface area contributed by atoms with Gasteiger partial charge in [0.05, 0.1) is 0 Å². The number of aliphatic hydroxyl groups excluding tert-OH is 1. The largest absolute Gasteiger partial charge is 0.388 e. The molecule has 0 amide bonds. The summed E-state index contributed by atoms with van der Waals surface area (Å²) in [5, 5.41) is 20.4. The predicted octanol–water partition coefficient (Wildman–Crippen LogP) is 2.48. The van der Waals surface area contributed by atoms with Crippen LogP contribution < -0.4 is 0 Å². The van der Waals surface area contributed by atoms with Gasteiger partial charge in [0.25, 0.3) is 0 Å². The number of hydrogen-bond acceptors (Lipinski definition) is 4. The topological polar surface area (TPSA) is 74.6 Å². The van der Waals surface area contributed by atoms with Gasteiger partial charge in [-0.1, -0.05) is 12.5 Å². The summed E-state index contributed by atoms with van der Waals surface area (Å²) in [6, 6.07) is 0.